The SMILES string of the molecule is CC(=O)N1CCN(Cc2ccc3c(c2)CC(c2cc(N)nc4[nH]c(C)nc24)N3)CC1. The van der Waals surface area contributed by atoms with Gasteiger partial charge in [-0.05, 0) is 36.6 Å². The number of rotatable bonds is 3. The number of pyridine rings is 1. The van der Waals surface area contributed by atoms with Crippen molar-refractivity contribution in [2.24, 2.45) is 0 Å². The van der Waals surface area contributed by atoms with Crippen LogP contribution in [-0.4, -0.2) is 56.8 Å². The van der Waals surface area contributed by atoms with Crippen molar-refractivity contribution >= 4 is 28.6 Å². The number of aryl methyl sites for hydroxylation is 1. The molecule has 3 aromatic rings. The van der Waals surface area contributed by atoms with E-state index in [1.165, 1.54) is 16.8 Å². The van der Waals surface area contributed by atoms with E-state index >= 15 is 0 Å². The van der Waals surface area contributed by atoms with Crippen molar-refractivity contribution in [1.29, 1.82) is 0 Å². The fourth-order valence-corrected chi connectivity index (χ4v) is 4.60. The minimum atomic E-state index is 0.130. The summed E-state index contributed by atoms with van der Waals surface area (Å²) in [6.07, 6.45) is 0.895. The highest BCUT2D eigenvalue weighted by molar-refractivity contribution is 5.79. The van der Waals surface area contributed by atoms with Crippen molar-refractivity contribution in [3.05, 3.63) is 46.8 Å². The van der Waals surface area contributed by atoms with Gasteiger partial charge in [0, 0.05) is 50.9 Å². The number of nitrogens with one attached hydrogen (secondary N) is 2. The molecule has 1 unspecified atom stereocenters. The lowest BCUT2D eigenvalue weighted by Gasteiger charge is -2.34. The van der Waals surface area contributed by atoms with Crippen LogP contribution < -0.4 is 11.1 Å². The molecule has 2 aliphatic rings. The van der Waals surface area contributed by atoms with Crippen LogP contribution in [0.25, 0.3) is 11.2 Å². The molecule has 8 nitrogen and oxygen atoms in total. The van der Waals surface area contributed by atoms with Gasteiger partial charge in [-0.3, -0.25) is 9.69 Å². The summed E-state index contributed by atoms with van der Waals surface area (Å²) in [5.41, 5.74) is 12.5. The number of aromatic nitrogens is 3. The van der Waals surface area contributed by atoms with E-state index in [1.807, 2.05) is 17.9 Å². The van der Waals surface area contributed by atoms with Gasteiger partial charge in [0.15, 0.2) is 5.65 Å². The first-order valence-electron chi connectivity index (χ1n) is 10.5. The monoisotopic (exact) mass is 405 g/mol. The Kier molecular flexibility index (Phi) is 4.58. The molecule has 0 aliphatic carbocycles. The van der Waals surface area contributed by atoms with E-state index < -0.39 is 0 Å². The van der Waals surface area contributed by atoms with E-state index in [4.69, 9.17) is 5.73 Å². The zero-order chi connectivity index (χ0) is 20.8. The third-order valence-electron chi connectivity index (χ3n) is 6.14. The standard InChI is InChI=1S/C22H27N7O/c1-13-24-21-17(11-20(23)27-22(21)25-13)19-10-16-9-15(3-4-18(16)26-19)12-28-5-7-29(8-6-28)14(2)30/h3-4,9,11,19,26H,5-8,10,12H2,1-2H3,(H3,23,24,25,27). The Morgan fingerprint density at radius 3 is 2.77 bits per heavy atom. The van der Waals surface area contributed by atoms with Crippen LogP contribution in [0.2, 0.25) is 0 Å². The summed E-state index contributed by atoms with van der Waals surface area (Å²) < 4.78 is 0. The Morgan fingerprint density at radius 1 is 1.20 bits per heavy atom. The van der Waals surface area contributed by atoms with Gasteiger partial charge in [-0.1, -0.05) is 12.1 Å². The lowest BCUT2D eigenvalue weighted by Crippen LogP contribution is -2.47. The molecule has 156 valence electrons. The number of anilines is 2. The summed E-state index contributed by atoms with van der Waals surface area (Å²) in [5.74, 6) is 1.51. The molecule has 1 fully saturated rings. The molecular formula is C22H27N7O. The minimum Gasteiger partial charge on any atom is -0.384 e. The van der Waals surface area contributed by atoms with Crippen LogP contribution in [0.5, 0.6) is 0 Å². The molecule has 2 aliphatic heterocycles. The number of hydrogen-bond acceptors (Lipinski definition) is 6. The van der Waals surface area contributed by atoms with Gasteiger partial charge in [0.25, 0.3) is 0 Å². The molecule has 4 heterocycles. The van der Waals surface area contributed by atoms with Gasteiger partial charge in [-0.25, -0.2) is 9.97 Å². The van der Waals surface area contributed by atoms with Gasteiger partial charge in [0.1, 0.15) is 17.2 Å². The molecule has 1 amide bonds. The first kappa shape index (κ1) is 18.9. The predicted octanol–water partition coefficient (Wildman–Crippen LogP) is 2.22. The maximum absolute atomic E-state index is 11.5. The highest BCUT2D eigenvalue weighted by atomic mass is 16.2. The first-order chi connectivity index (χ1) is 14.5. The highest BCUT2D eigenvalue weighted by Crippen LogP contribution is 2.37. The Balaban J connectivity index is 1.32. The van der Waals surface area contributed by atoms with Gasteiger partial charge in [0.05, 0.1) is 6.04 Å². The molecule has 1 aromatic carbocycles. The molecule has 4 N–H and O–H groups in total. The molecule has 0 bridgehead atoms. The van der Waals surface area contributed by atoms with Gasteiger partial charge in [-0.2, -0.15) is 0 Å². The number of piperazine rings is 1. The average molecular weight is 406 g/mol. The minimum absolute atomic E-state index is 0.130. The summed E-state index contributed by atoms with van der Waals surface area (Å²) in [6, 6.07) is 8.73. The van der Waals surface area contributed by atoms with Gasteiger partial charge >= 0.3 is 0 Å². The summed E-state index contributed by atoms with van der Waals surface area (Å²) in [6.45, 7) is 7.96. The molecule has 0 radical (unpaired) electrons. The topological polar surface area (TPSA) is 103 Å². The maximum atomic E-state index is 11.5. The predicted molar refractivity (Wildman–Crippen MR) is 117 cm³/mol. The van der Waals surface area contributed by atoms with Crippen LogP contribution in [0.1, 0.15) is 35.5 Å². The van der Waals surface area contributed by atoms with E-state index in [0.717, 1.165) is 61.7 Å². The molecule has 0 spiro atoms. The van der Waals surface area contributed by atoms with Crippen molar-refractivity contribution in [3.8, 4) is 0 Å². The molecule has 0 saturated carbocycles. The van der Waals surface area contributed by atoms with Gasteiger partial charge < -0.3 is 20.9 Å². The third-order valence-corrected chi connectivity index (χ3v) is 6.14. The van der Waals surface area contributed by atoms with E-state index in [9.17, 15) is 4.79 Å². The quantitative estimate of drug-likeness (QED) is 0.617. The molecule has 2 aromatic heterocycles. The normalized spacial score (nSPS) is 19.1. The third kappa shape index (κ3) is 3.47. The van der Waals surface area contributed by atoms with Crippen LogP contribution in [0.15, 0.2) is 24.3 Å². The second-order valence-electron chi connectivity index (χ2n) is 8.33. The number of carbonyl (C=O) groups is 1. The van der Waals surface area contributed by atoms with Gasteiger partial charge in [0.2, 0.25) is 5.91 Å². The largest absolute Gasteiger partial charge is 0.384 e. The van der Waals surface area contributed by atoms with E-state index in [2.05, 4.69) is 43.4 Å². The molecule has 30 heavy (non-hydrogen) atoms. The number of aromatic amines is 1. The Hall–Kier alpha value is -3.13. The Bertz CT molecular complexity index is 1110. The smallest absolute Gasteiger partial charge is 0.219 e. The number of nitrogen functional groups attached to an aromatic ring is 1. The second-order valence-corrected chi connectivity index (χ2v) is 8.33. The van der Waals surface area contributed by atoms with E-state index in [-0.39, 0.29) is 11.9 Å². The number of nitrogens with zero attached hydrogens (tertiary/aromatic N) is 4. The summed E-state index contributed by atoms with van der Waals surface area (Å²) in [7, 11) is 0. The number of amides is 1. The summed E-state index contributed by atoms with van der Waals surface area (Å²) >= 11 is 0. The number of fused-ring (bicyclic) bond motifs is 2. The lowest BCUT2D eigenvalue weighted by atomic mass is 10.0. The van der Waals surface area contributed by atoms with Crippen molar-refractivity contribution in [1.82, 2.24) is 24.8 Å². The van der Waals surface area contributed by atoms with Crippen molar-refractivity contribution in [3.63, 3.8) is 0 Å². The fraction of sp³-hybridized carbons (Fsp3) is 0.409. The van der Waals surface area contributed by atoms with Crippen LogP contribution in [-0.2, 0) is 17.8 Å². The van der Waals surface area contributed by atoms with Crippen molar-refractivity contribution in [2.75, 3.05) is 37.2 Å². The van der Waals surface area contributed by atoms with Crippen molar-refractivity contribution in [2.45, 2.75) is 32.9 Å². The molecule has 5 rings (SSSR count). The first-order valence-corrected chi connectivity index (χ1v) is 10.5. The zero-order valence-corrected chi connectivity index (χ0v) is 17.4. The number of carbonyl (C=O) groups excluding carboxylic acids is 1. The van der Waals surface area contributed by atoms with E-state index in [1.54, 1.807) is 6.92 Å². The molecular weight excluding hydrogens is 378 g/mol. The van der Waals surface area contributed by atoms with Crippen LogP contribution in [0.3, 0.4) is 0 Å². The second kappa shape index (κ2) is 7.28. The number of hydrogen-bond donors (Lipinski definition) is 3. The number of imidazole rings is 1. The zero-order valence-electron chi connectivity index (χ0n) is 17.4. The van der Waals surface area contributed by atoms with Crippen LogP contribution in [0.4, 0.5) is 11.5 Å². The van der Waals surface area contributed by atoms with E-state index in [0.29, 0.717) is 5.82 Å². The lowest BCUT2D eigenvalue weighted by molar-refractivity contribution is -0.130. The van der Waals surface area contributed by atoms with Crippen molar-refractivity contribution < 1.29 is 4.79 Å². The van der Waals surface area contributed by atoms with Crippen LogP contribution in [0, 0.1) is 6.92 Å². The molecule has 1 atom stereocenters. The number of H-pyrrole nitrogens is 1. The summed E-state index contributed by atoms with van der Waals surface area (Å²) in [5, 5.41) is 3.63. The maximum Gasteiger partial charge on any atom is 0.219 e. The molecule has 1 saturated heterocycles. The number of benzene rings is 1. The Morgan fingerprint density at radius 2 is 2.00 bits per heavy atom. The summed E-state index contributed by atoms with van der Waals surface area (Å²) in [4.78, 5) is 28.1. The molecule has 8 heteroatoms. The average Bonchev–Trinajstić information content (AvgIpc) is 3.29. The fourth-order valence-electron chi connectivity index (χ4n) is 4.60. The van der Waals surface area contributed by atoms with Gasteiger partial charge in [-0.15, -0.1) is 0 Å². The highest BCUT2D eigenvalue weighted by Gasteiger charge is 2.26. The van der Waals surface area contributed by atoms with Crippen LogP contribution >= 0.6 is 0 Å². The number of nitrogens with two attached hydrogens (primary N) is 1. The Labute approximate surface area is 175 Å².